The van der Waals surface area contributed by atoms with E-state index >= 15 is 0 Å². The Morgan fingerprint density at radius 2 is 1.68 bits per heavy atom. The van der Waals surface area contributed by atoms with Crippen LogP contribution in [0.5, 0.6) is 0 Å². The van der Waals surface area contributed by atoms with Crippen molar-refractivity contribution in [1.29, 1.82) is 0 Å². The fourth-order valence-electron chi connectivity index (χ4n) is 2.71. The maximum atomic E-state index is 4.79. The van der Waals surface area contributed by atoms with Crippen molar-refractivity contribution in [3.05, 3.63) is 36.4 Å². The molecule has 1 aliphatic heterocycles. The summed E-state index contributed by atoms with van der Waals surface area (Å²) in [5.74, 6) is 2.71. The van der Waals surface area contributed by atoms with E-state index in [0.717, 1.165) is 36.1 Å². The lowest BCUT2D eigenvalue weighted by atomic mass is 10.1. The van der Waals surface area contributed by atoms with Crippen molar-refractivity contribution in [2.75, 3.05) is 23.3 Å². The summed E-state index contributed by atoms with van der Waals surface area (Å²) in [7, 11) is 0. The van der Waals surface area contributed by atoms with Crippen LogP contribution in [0.2, 0.25) is 0 Å². The van der Waals surface area contributed by atoms with E-state index in [1.165, 1.54) is 12.8 Å². The molecule has 1 fully saturated rings. The molecule has 2 aromatic rings. The second kappa shape index (κ2) is 5.95. The molecule has 1 saturated heterocycles. The lowest BCUT2D eigenvalue weighted by molar-refractivity contribution is 0.630. The SMILES string of the molecule is CC(C)(C)Nc1cc(N2CCCC2)nc(-c2ccccc2)n1. The summed E-state index contributed by atoms with van der Waals surface area (Å²) >= 11 is 0. The van der Waals surface area contributed by atoms with Crippen LogP contribution < -0.4 is 10.2 Å². The van der Waals surface area contributed by atoms with E-state index in [0.29, 0.717) is 0 Å². The van der Waals surface area contributed by atoms with Gasteiger partial charge in [-0.2, -0.15) is 0 Å². The van der Waals surface area contributed by atoms with Crippen LogP contribution in [-0.2, 0) is 0 Å². The second-order valence-electron chi connectivity index (χ2n) is 6.87. The summed E-state index contributed by atoms with van der Waals surface area (Å²) in [5, 5.41) is 3.48. The molecule has 0 amide bonds. The molecule has 0 saturated carbocycles. The van der Waals surface area contributed by atoms with Gasteiger partial charge in [0.1, 0.15) is 11.6 Å². The molecular weight excluding hydrogens is 272 g/mol. The van der Waals surface area contributed by atoms with Gasteiger partial charge < -0.3 is 10.2 Å². The third-order valence-corrected chi connectivity index (χ3v) is 3.68. The molecule has 0 aliphatic carbocycles. The minimum absolute atomic E-state index is 0.0232. The van der Waals surface area contributed by atoms with Gasteiger partial charge >= 0.3 is 0 Å². The van der Waals surface area contributed by atoms with Gasteiger partial charge in [-0.05, 0) is 33.6 Å². The van der Waals surface area contributed by atoms with Gasteiger partial charge in [-0.1, -0.05) is 30.3 Å². The summed E-state index contributed by atoms with van der Waals surface area (Å²) in [6, 6.07) is 12.3. The fourth-order valence-corrected chi connectivity index (χ4v) is 2.71. The monoisotopic (exact) mass is 296 g/mol. The first kappa shape index (κ1) is 14.8. The average molecular weight is 296 g/mol. The number of rotatable bonds is 3. The van der Waals surface area contributed by atoms with Gasteiger partial charge in [0.15, 0.2) is 5.82 Å². The molecule has 1 N–H and O–H groups in total. The lowest BCUT2D eigenvalue weighted by Crippen LogP contribution is -2.27. The van der Waals surface area contributed by atoms with Gasteiger partial charge in [0.05, 0.1) is 0 Å². The van der Waals surface area contributed by atoms with E-state index in [-0.39, 0.29) is 5.54 Å². The van der Waals surface area contributed by atoms with Crippen LogP contribution in [0.15, 0.2) is 36.4 Å². The van der Waals surface area contributed by atoms with Crippen molar-refractivity contribution >= 4 is 11.6 Å². The van der Waals surface area contributed by atoms with Crippen LogP contribution in [0.4, 0.5) is 11.6 Å². The number of nitrogens with zero attached hydrogens (tertiary/aromatic N) is 3. The standard InChI is InChI=1S/C18H24N4/c1-18(2,3)21-15-13-16(22-11-7-8-12-22)20-17(19-15)14-9-5-4-6-10-14/h4-6,9-10,13H,7-8,11-12H2,1-3H3,(H,19,20,21). The predicted octanol–water partition coefficient (Wildman–Crippen LogP) is 3.95. The summed E-state index contributed by atoms with van der Waals surface area (Å²) in [6.45, 7) is 8.60. The fraction of sp³-hybridized carbons (Fsp3) is 0.444. The first-order valence-corrected chi connectivity index (χ1v) is 7.99. The topological polar surface area (TPSA) is 41.0 Å². The highest BCUT2D eigenvalue weighted by Crippen LogP contribution is 2.26. The van der Waals surface area contributed by atoms with E-state index in [9.17, 15) is 0 Å². The molecule has 0 spiro atoms. The summed E-state index contributed by atoms with van der Waals surface area (Å²) in [5.41, 5.74) is 1.03. The molecule has 1 aliphatic rings. The molecule has 0 bridgehead atoms. The Kier molecular flexibility index (Phi) is 4.01. The van der Waals surface area contributed by atoms with Crippen LogP contribution in [0.3, 0.4) is 0 Å². The van der Waals surface area contributed by atoms with Crippen molar-refractivity contribution in [2.24, 2.45) is 0 Å². The quantitative estimate of drug-likeness (QED) is 0.931. The summed E-state index contributed by atoms with van der Waals surface area (Å²) in [6.07, 6.45) is 2.49. The zero-order valence-corrected chi connectivity index (χ0v) is 13.6. The van der Waals surface area contributed by atoms with Crippen molar-refractivity contribution < 1.29 is 0 Å². The molecule has 2 heterocycles. The van der Waals surface area contributed by atoms with Crippen LogP contribution >= 0.6 is 0 Å². The first-order valence-electron chi connectivity index (χ1n) is 7.99. The Morgan fingerprint density at radius 1 is 1.00 bits per heavy atom. The van der Waals surface area contributed by atoms with E-state index in [1.54, 1.807) is 0 Å². The average Bonchev–Trinajstić information content (AvgIpc) is 3.00. The number of anilines is 2. The van der Waals surface area contributed by atoms with Crippen LogP contribution in [0.1, 0.15) is 33.6 Å². The van der Waals surface area contributed by atoms with Gasteiger partial charge in [0.2, 0.25) is 0 Å². The van der Waals surface area contributed by atoms with Crippen molar-refractivity contribution in [1.82, 2.24) is 9.97 Å². The normalized spacial score (nSPS) is 15.1. The second-order valence-corrected chi connectivity index (χ2v) is 6.87. The number of aromatic nitrogens is 2. The van der Waals surface area contributed by atoms with Crippen LogP contribution in [0, 0.1) is 0 Å². The lowest BCUT2D eigenvalue weighted by Gasteiger charge is -2.24. The number of benzene rings is 1. The molecule has 4 nitrogen and oxygen atoms in total. The third-order valence-electron chi connectivity index (χ3n) is 3.68. The number of nitrogens with one attached hydrogen (secondary N) is 1. The van der Waals surface area contributed by atoms with Crippen molar-refractivity contribution in [2.45, 2.75) is 39.2 Å². The highest BCUT2D eigenvalue weighted by molar-refractivity contribution is 5.62. The molecule has 0 atom stereocenters. The Balaban J connectivity index is 2.01. The Labute approximate surface area is 132 Å². The van der Waals surface area contributed by atoms with Gasteiger partial charge in [-0.25, -0.2) is 9.97 Å². The maximum absolute atomic E-state index is 4.79. The molecule has 3 rings (SSSR count). The minimum atomic E-state index is -0.0232. The largest absolute Gasteiger partial charge is 0.365 e. The molecule has 1 aromatic carbocycles. The van der Waals surface area contributed by atoms with E-state index in [4.69, 9.17) is 9.97 Å². The van der Waals surface area contributed by atoms with Crippen LogP contribution in [-0.4, -0.2) is 28.6 Å². The first-order chi connectivity index (χ1) is 10.5. The van der Waals surface area contributed by atoms with Gasteiger partial charge in [-0.3, -0.25) is 0 Å². The highest BCUT2D eigenvalue weighted by atomic mass is 15.2. The molecule has 0 radical (unpaired) electrons. The molecule has 22 heavy (non-hydrogen) atoms. The Bertz CT molecular complexity index is 625. The predicted molar refractivity (Wildman–Crippen MR) is 92.3 cm³/mol. The minimum Gasteiger partial charge on any atom is -0.365 e. The molecule has 4 heteroatoms. The van der Waals surface area contributed by atoms with Crippen molar-refractivity contribution in [3.63, 3.8) is 0 Å². The van der Waals surface area contributed by atoms with E-state index in [1.807, 2.05) is 18.2 Å². The zero-order chi connectivity index (χ0) is 15.6. The molecule has 1 aromatic heterocycles. The van der Waals surface area contributed by atoms with Crippen LogP contribution in [0.25, 0.3) is 11.4 Å². The third kappa shape index (κ3) is 3.56. The molecule has 116 valence electrons. The van der Waals surface area contributed by atoms with Gasteiger partial charge in [-0.15, -0.1) is 0 Å². The van der Waals surface area contributed by atoms with Gasteiger partial charge in [0, 0.05) is 30.3 Å². The number of hydrogen-bond donors (Lipinski definition) is 1. The Hall–Kier alpha value is -2.10. The number of hydrogen-bond acceptors (Lipinski definition) is 4. The summed E-state index contributed by atoms with van der Waals surface area (Å²) in [4.78, 5) is 11.9. The maximum Gasteiger partial charge on any atom is 0.163 e. The van der Waals surface area contributed by atoms with Crippen molar-refractivity contribution in [3.8, 4) is 11.4 Å². The smallest absolute Gasteiger partial charge is 0.163 e. The van der Waals surface area contributed by atoms with Gasteiger partial charge in [0.25, 0.3) is 0 Å². The highest BCUT2D eigenvalue weighted by Gasteiger charge is 2.18. The van der Waals surface area contributed by atoms with E-state index in [2.05, 4.69) is 49.2 Å². The molecule has 0 unspecified atom stereocenters. The van der Waals surface area contributed by atoms with E-state index < -0.39 is 0 Å². The zero-order valence-electron chi connectivity index (χ0n) is 13.6. The Morgan fingerprint density at radius 3 is 2.32 bits per heavy atom. The summed E-state index contributed by atoms with van der Waals surface area (Å²) < 4.78 is 0. The molecular formula is C18H24N4.